The quantitative estimate of drug-likeness (QED) is 0.596. The highest BCUT2D eigenvalue weighted by Gasteiger charge is 2.21. The number of hydrogen-bond donors (Lipinski definition) is 2. The fourth-order valence-corrected chi connectivity index (χ4v) is 3.67. The van der Waals surface area contributed by atoms with E-state index in [1.54, 1.807) is 0 Å². The zero-order chi connectivity index (χ0) is 18.5. The molecule has 2 N–H and O–H groups in total. The molecule has 0 saturated carbocycles. The largest absolute Gasteiger partial charge is 0.359 e. The maximum Gasteiger partial charge on any atom is 0.167 e. The van der Waals surface area contributed by atoms with E-state index in [1.807, 2.05) is 12.1 Å². The molecule has 1 unspecified atom stereocenters. The summed E-state index contributed by atoms with van der Waals surface area (Å²) in [6.45, 7) is 5.10. The molecule has 136 valence electrons. The van der Waals surface area contributed by atoms with Gasteiger partial charge in [0, 0.05) is 12.1 Å². The van der Waals surface area contributed by atoms with E-state index in [9.17, 15) is 4.79 Å². The number of carbonyl (C=O) groups excluding carboxylic acids is 1. The summed E-state index contributed by atoms with van der Waals surface area (Å²) < 4.78 is 0. The number of carbonyl (C=O) groups is 1. The minimum atomic E-state index is 0.168. The third kappa shape index (κ3) is 4.50. The number of nitrogens with one attached hydrogen (secondary N) is 2. The zero-order valence-electron chi connectivity index (χ0n) is 15.4. The van der Waals surface area contributed by atoms with E-state index in [4.69, 9.17) is 12.2 Å². The van der Waals surface area contributed by atoms with Crippen molar-refractivity contribution in [2.45, 2.75) is 51.6 Å². The molecule has 3 nitrogen and oxygen atoms in total. The van der Waals surface area contributed by atoms with Gasteiger partial charge in [-0.15, -0.1) is 0 Å². The van der Waals surface area contributed by atoms with E-state index in [0.29, 0.717) is 17.6 Å². The first-order valence-electron chi connectivity index (χ1n) is 9.28. The van der Waals surface area contributed by atoms with Crippen LogP contribution < -0.4 is 10.6 Å². The average Bonchev–Trinajstić information content (AvgIpc) is 2.66. The third-order valence-electron chi connectivity index (χ3n) is 5.03. The van der Waals surface area contributed by atoms with Crippen LogP contribution in [0.25, 0.3) is 0 Å². The Morgan fingerprint density at radius 3 is 2.69 bits per heavy atom. The van der Waals surface area contributed by atoms with Crippen molar-refractivity contribution in [3.8, 4) is 0 Å². The summed E-state index contributed by atoms with van der Waals surface area (Å²) in [7, 11) is 0. The van der Waals surface area contributed by atoms with Gasteiger partial charge in [-0.2, -0.15) is 0 Å². The van der Waals surface area contributed by atoms with Gasteiger partial charge in [-0.05, 0) is 65.7 Å². The molecular weight excluding hydrogens is 340 g/mol. The number of thiocarbonyl (C=S) groups is 1. The van der Waals surface area contributed by atoms with Crippen LogP contribution in [-0.2, 0) is 13.0 Å². The molecule has 0 bridgehead atoms. The molecule has 0 fully saturated rings. The van der Waals surface area contributed by atoms with Crippen LogP contribution in [0.4, 0.5) is 0 Å². The smallest absolute Gasteiger partial charge is 0.167 e. The van der Waals surface area contributed by atoms with Crippen molar-refractivity contribution in [3.63, 3.8) is 0 Å². The fraction of sp³-hybridized carbons (Fsp3) is 0.364. The third-order valence-corrected chi connectivity index (χ3v) is 5.29. The first-order valence-corrected chi connectivity index (χ1v) is 9.69. The van der Waals surface area contributed by atoms with Crippen molar-refractivity contribution in [3.05, 3.63) is 70.3 Å². The van der Waals surface area contributed by atoms with Crippen molar-refractivity contribution >= 4 is 23.6 Å². The summed E-state index contributed by atoms with van der Waals surface area (Å²) in [5.74, 6) is 0.544. The Hall–Kier alpha value is -2.20. The molecule has 0 saturated heterocycles. The van der Waals surface area contributed by atoms with Gasteiger partial charge < -0.3 is 10.6 Å². The number of hydrogen-bond acceptors (Lipinski definition) is 2. The maximum absolute atomic E-state index is 11.1. The Morgan fingerprint density at radius 2 is 2.00 bits per heavy atom. The summed E-state index contributed by atoms with van der Waals surface area (Å²) >= 11 is 5.50. The number of benzene rings is 2. The molecule has 0 heterocycles. The number of fused-ring (bicyclic) bond motifs is 1. The lowest BCUT2D eigenvalue weighted by molar-refractivity contribution is 0.112. The first-order chi connectivity index (χ1) is 12.6. The fourth-order valence-electron chi connectivity index (χ4n) is 3.45. The highest BCUT2D eigenvalue weighted by Crippen LogP contribution is 2.30. The summed E-state index contributed by atoms with van der Waals surface area (Å²) in [5, 5.41) is 7.40. The van der Waals surface area contributed by atoms with E-state index in [2.05, 4.69) is 54.8 Å². The highest BCUT2D eigenvalue weighted by molar-refractivity contribution is 7.80. The average molecular weight is 367 g/mol. The number of aryl methyl sites for hydroxylation is 1. The van der Waals surface area contributed by atoms with E-state index in [1.165, 1.54) is 22.3 Å². The molecule has 0 amide bonds. The van der Waals surface area contributed by atoms with Gasteiger partial charge in [-0.3, -0.25) is 4.79 Å². The van der Waals surface area contributed by atoms with Crippen molar-refractivity contribution < 1.29 is 4.79 Å². The summed E-state index contributed by atoms with van der Waals surface area (Å²) in [6.07, 6.45) is 4.13. The molecule has 0 radical (unpaired) electrons. The van der Waals surface area contributed by atoms with Gasteiger partial charge in [0.1, 0.15) is 6.29 Å². The van der Waals surface area contributed by atoms with E-state index >= 15 is 0 Å². The highest BCUT2D eigenvalue weighted by atomic mass is 32.1. The van der Waals surface area contributed by atoms with Crippen LogP contribution in [-0.4, -0.2) is 11.4 Å². The van der Waals surface area contributed by atoms with Gasteiger partial charge >= 0.3 is 0 Å². The van der Waals surface area contributed by atoms with E-state index < -0.39 is 0 Å². The van der Waals surface area contributed by atoms with Gasteiger partial charge in [0.25, 0.3) is 0 Å². The summed E-state index contributed by atoms with van der Waals surface area (Å²) in [5.41, 5.74) is 5.80. The van der Waals surface area contributed by atoms with Crippen LogP contribution in [0.1, 0.15) is 71.3 Å². The number of rotatable bonds is 5. The minimum absolute atomic E-state index is 0.168. The molecule has 2 aromatic carbocycles. The van der Waals surface area contributed by atoms with Crippen LogP contribution in [0.15, 0.2) is 42.5 Å². The first kappa shape index (κ1) is 18.6. The summed E-state index contributed by atoms with van der Waals surface area (Å²) in [6, 6.07) is 14.8. The van der Waals surface area contributed by atoms with Gasteiger partial charge in [-0.25, -0.2) is 0 Å². The second-order valence-corrected chi connectivity index (χ2v) is 7.65. The molecule has 0 aromatic heterocycles. The van der Waals surface area contributed by atoms with Gasteiger partial charge in [-0.1, -0.05) is 50.2 Å². The van der Waals surface area contributed by atoms with Gasteiger partial charge in [0.2, 0.25) is 0 Å². The molecule has 2 aromatic rings. The van der Waals surface area contributed by atoms with Gasteiger partial charge in [0.05, 0.1) is 6.04 Å². The summed E-state index contributed by atoms with van der Waals surface area (Å²) in [4.78, 5) is 11.1. The van der Waals surface area contributed by atoms with Crippen molar-refractivity contribution in [2.24, 2.45) is 0 Å². The molecule has 1 atom stereocenters. The zero-order valence-corrected chi connectivity index (χ0v) is 16.2. The Kier molecular flexibility index (Phi) is 6.04. The minimum Gasteiger partial charge on any atom is -0.359 e. The molecule has 26 heavy (non-hydrogen) atoms. The Bertz CT molecular complexity index is 783. The Labute approximate surface area is 161 Å². The standard InChI is InChI=1S/C22H26N2OS/c1-15(2)18-9-6-16(7-10-18)13-23-22(26)24-21-5-3-4-19-11-8-17(14-25)12-20(19)21/h6-12,14-15,21H,3-5,13H2,1-2H3,(H2,23,24,26). The molecule has 0 aliphatic heterocycles. The molecule has 0 spiro atoms. The molecule has 4 heteroatoms. The lowest BCUT2D eigenvalue weighted by atomic mass is 9.87. The number of aldehydes is 1. The lowest BCUT2D eigenvalue weighted by Gasteiger charge is -2.28. The van der Waals surface area contributed by atoms with Crippen LogP contribution in [0.5, 0.6) is 0 Å². The lowest BCUT2D eigenvalue weighted by Crippen LogP contribution is -2.38. The van der Waals surface area contributed by atoms with Gasteiger partial charge in [0.15, 0.2) is 5.11 Å². The Balaban J connectivity index is 1.60. The normalized spacial score (nSPS) is 16.0. The van der Waals surface area contributed by atoms with Crippen LogP contribution in [0.2, 0.25) is 0 Å². The molecular formula is C22H26N2OS. The maximum atomic E-state index is 11.1. The molecule has 1 aliphatic carbocycles. The van der Waals surface area contributed by atoms with E-state index in [0.717, 1.165) is 31.1 Å². The second kappa shape index (κ2) is 8.45. The van der Waals surface area contributed by atoms with Crippen LogP contribution >= 0.6 is 12.2 Å². The van der Waals surface area contributed by atoms with Crippen molar-refractivity contribution in [1.82, 2.24) is 10.6 Å². The monoisotopic (exact) mass is 366 g/mol. The SMILES string of the molecule is CC(C)c1ccc(CNC(=S)NC2CCCc3ccc(C=O)cc32)cc1. The molecule has 3 rings (SSSR count). The second-order valence-electron chi connectivity index (χ2n) is 7.24. The Morgan fingerprint density at radius 1 is 1.23 bits per heavy atom. The predicted molar refractivity (Wildman–Crippen MR) is 111 cm³/mol. The van der Waals surface area contributed by atoms with Crippen LogP contribution in [0.3, 0.4) is 0 Å². The van der Waals surface area contributed by atoms with Crippen LogP contribution in [0, 0.1) is 0 Å². The molecule has 1 aliphatic rings. The predicted octanol–water partition coefficient (Wildman–Crippen LogP) is 4.66. The van der Waals surface area contributed by atoms with Crippen molar-refractivity contribution in [2.75, 3.05) is 0 Å². The van der Waals surface area contributed by atoms with E-state index in [-0.39, 0.29) is 6.04 Å². The topological polar surface area (TPSA) is 41.1 Å². The van der Waals surface area contributed by atoms with Crippen molar-refractivity contribution in [1.29, 1.82) is 0 Å².